The van der Waals surface area contributed by atoms with Gasteiger partial charge in [-0.15, -0.1) is 0 Å². The van der Waals surface area contributed by atoms with Gasteiger partial charge in [-0.05, 0) is 31.0 Å². The predicted octanol–water partition coefficient (Wildman–Crippen LogP) is 2.76. The maximum Gasteiger partial charge on any atom is 0.320 e. The number of hydrogen-bond acceptors (Lipinski definition) is 3. The van der Waals surface area contributed by atoms with Gasteiger partial charge in [0.05, 0.1) is 0 Å². The fraction of sp³-hybridized carbons (Fsp3) is 0.235. The van der Waals surface area contributed by atoms with Crippen LogP contribution in [0.5, 0.6) is 0 Å². The molecule has 112 valence electrons. The van der Waals surface area contributed by atoms with Crippen LogP contribution < -0.4 is 11.1 Å². The molecule has 1 unspecified atom stereocenters. The summed E-state index contributed by atoms with van der Waals surface area (Å²) in [6.45, 7) is 3.08. The van der Waals surface area contributed by atoms with E-state index in [1.54, 1.807) is 0 Å². The zero-order valence-corrected chi connectivity index (χ0v) is 12.2. The lowest BCUT2D eigenvalue weighted by atomic mass is 10.1. The Labute approximate surface area is 125 Å². The molecule has 0 spiro atoms. The van der Waals surface area contributed by atoms with E-state index >= 15 is 0 Å². The van der Waals surface area contributed by atoms with Crippen molar-refractivity contribution in [3.05, 3.63) is 66.2 Å². The highest BCUT2D eigenvalue weighted by Crippen LogP contribution is 2.03. The van der Waals surface area contributed by atoms with E-state index in [1.807, 2.05) is 48.5 Å². The van der Waals surface area contributed by atoms with Crippen molar-refractivity contribution in [2.24, 2.45) is 5.73 Å². The van der Waals surface area contributed by atoms with Gasteiger partial charge in [-0.1, -0.05) is 48.5 Å². The van der Waals surface area contributed by atoms with Gasteiger partial charge in [0, 0.05) is 12.2 Å². The van der Waals surface area contributed by atoms with Crippen LogP contribution in [0.4, 0.5) is 5.69 Å². The van der Waals surface area contributed by atoms with Gasteiger partial charge < -0.3 is 16.2 Å². The zero-order chi connectivity index (χ0) is 15.5. The van der Waals surface area contributed by atoms with Crippen LogP contribution in [0.1, 0.15) is 12.5 Å². The van der Waals surface area contributed by atoms with Gasteiger partial charge in [-0.25, -0.2) is 0 Å². The Bertz CT molecular complexity index is 515. The maximum atomic E-state index is 10.4. The van der Waals surface area contributed by atoms with Gasteiger partial charge in [0.15, 0.2) is 0 Å². The Kier molecular flexibility index (Phi) is 7.61. The van der Waals surface area contributed by atoms with Crippen LogP contribution >= 0.6 is 0 Å². The van der Waals surface area contributed by atoms with E-state index in [1.165, 1.54) is 5.69 Å². The largest absolute Gasteiger partial charge is 0.480 e. The molecular weight excluding hydrogens is 264 g/mol. The zero-order valence-electron chi connectivity index (χ0n) is 12.2. The van der Waals surface area contributed by atoms with Gasteiger partial charge in [0.25, 0.3) is 0 Å². The van der Waals surface area contributed by atoms with Crippen LogP contribution in [0.25, 0.3) is 0 Å². The summed E-state index contributed by atoms with van der Waals surface area (Å²) < 4.78 is 0. The molecule has 4 N–H and O–H groups in total. The number of para-hydroxylation sites is 1. The highest BCUT2D eigenvalue weighted by atomic mass is 16.4. The summed E-state index contributed by atoms with van der Waals surface area (Å²) in [5.41, 5.74) is 7.49. The summed E-state index contributed by atoms with van der Waals surface area (Å²) >= 11 is 0. The minimum atomic E-state index is -0.959. The highest BCUT2D eigenvalue weighted by Gasteiger charge is 2.10. The van der Waals surface area contributed by atoms with Crippen LogP contribution in [0.15, 0.2) is 60.7 Å². The Hall–Kier alpha value is -2.33. The number of nitrogens with two attached hydrogens (primary N) is 1. The Morgan fingerprint density at radius 3 is 2.10 bits per heavy atom. The number of rotatable bonds is 5. The first-order chi connectivity index (χ1) is 10.1. The molecular formula is C17H22N2O2. The molecule has 0 saturated heterocycles. The van der Waals surface area contributed by atoms with E-state index in [9.17, 15) is 4.79 Å². The minimum Gasteiger partial charge on any atom is -0.480 e. The van der Waals surface area contributed by atoms with E-state index in [-0.39, 0.29) is 0 Å². The number of anilines is 1. The number of carboxylic acids is 1. The smallest absolute Gasteiger partial charge is 0.320 e. The SMILES string of the molecule is CCNc1ccccc1.NC(Cc1ccccc1)C(=O)O. The summed E-state index contributed by atoms with van der Waals surface area (Å²) in [7, 11) is 0. The fourth-order valence-corrected chi connectivity index (χ4v) is 1.72. The molecule has 0 heterocycles. The van der Waals surface area contributed by atoms with E-state index in [0.717, 1.165) is 12.1 Å². The van der Waals surface area contributed by atoms with Crippen molar-refractivity contribution in [2.75, 3.05) is 11.9 Å². The second-order valence-corrected chi connectivity index (χ2v) is 4.53. The highest BCUT2D eigenvalue weighted by molar-refractivity contribution is 5.73. The van der Waals surface area contributed by atoms with Gasteiger partial charge in [0.1, 0.15) is 6.04 Å². The van der Waals surface area contributed by atoms with Crippen molar-refractivity contribution in [1.82, 2.24) is 0 Å². The van der Waals surface area contributed by atoms with Crippen molar-refractivity contribution in [1.29, 1.82) is 0 Å². The van der Waals surface area contributed by atoms with Crippen molar-refractivity contribution in [3.63, 3.8) is 0 Å². The fourth-order valence-electron chi connectivity index (χ4n) is 1.72. The Morgan fingerprint density at radius 1 is 1.10 bits per heavy atom. The lowest BCUT2D eigenvalue weighted by Crippen LogP contribution is -2.32. The summed E-state index contributed by atoms with van der Waals surface area (Å²) in [4.78, 5) is 10.4. The quantitative estimate of drug-likeness (QED) is 0.790. The average molecular weight is 286 g/mol. The van der Waals surface area contributed by atoms with Crippen molar-refractivity contribution in [2.45, 2.75) is 19.4 Å². The number of benzene rings is 2. The monoisotopic (exact) mass is 286 g/mol. The summed E-state index contributed by atoms with van der Waals surface area (Å²) in [6, 6.07) is 18.7. The van der Waals surface area contributed by atoms with Gasteiger partial charge in [-0.3, -0.25) is 4.79 Å². The summed E-state index contributed by atoms with van der Waals surface area (Å²) in [5.74, 6) is -0.959. The first kappa shape index (κ1) is 16.7. The van der Waals surface area contributed by atoms with E-state index in [0.29, 0.717) is 6.42 Å². The van der Waals surface area contributed by atoms with Crippen LogP contribution in [-0.4, -0.2) is 23.7 Å². The predicted molar refractivity (Wildman–Crippen MR) is 86.4 cm³/mol. The van der Waals surface area contributed by atoms with Crippen LogP contribution in [-0.2, 0) is 11.2 Å². The van der Waals surface area contributed by atoms with Gasteiger partial charge in [0.2, 0.25) is 0 Å². The molecule has 2 rings (SSSR count). The first-order valence-electron chi connectivity index (χ1n) is 6.94. The summed E-state index contributed by atoms with van der Waals surface area (Å²) in [5, 5.41) is 11.7. The number of aliphatic carboxylic acids is 1. The second-order valence-electron chi connectivity index (χ2n) is 4.53. The van der Waals surface area contributed by atoms with Crippen LogP contribution in [0.2, 0.25) is 0 Å². The summed E-state index contributed by atoms with van der Waals surface area (Å²) in [6.07, 6.45) is 0.385. The van der Waals surface area contributed by atoms with Crippen LogP contribution in [0, 0.1) is 0 Å². The van der Waals surface area contributed by atoms with Crippen molar-refractivity contribution < 1.29 is 9.90 Å². The number of carboxylic acid groups (broad SMARTS) is 1. The lowest BCUT2D eigenvalue weighted by molar-refractivity contribution is -0.138. The molecule has 1 atom stereocenters. The molecule has 2 aromatic rings. The van der Waals surface area contributed by atoms with E-state index < -0.39 is 12.0 Å². The first-order valence-corrected chi connectivity index (χ1v) is 6.94. The van der Waals surface area contributed by atoms with Crippen molar-refractivity contribution >= 4 is 11.7 Å². The van der Waals surface area contributed by atoms with E-state index in [2.05, 4.69) is 24.4 Å². The topological polar surface area (TPSA) is 75.3 Å². The molecule has 4 nitrogen and oxygen atoms in total. The third-order valence-electron chi connectivity index (χ3n) is 2.77. The molecule has 0 aliphatic heterocycles. The molecule has 0 aliphatic rings. The Morgan fingerprint density at radius 2 is 1.62 bits per heavy atom. The minimum absolute atomic E-state index is 0.385. The second kappa shape index (κ2) is 9.55. The molecule has 0 amide bonds. The molecule has 0 radical (unpaired) electrons. The molecule has 0 aliphatic carbocycles. The normalized spacial score (nSPS) is 11.0. The molecule has 0 saturated carbocycles. The standard InChI is InChI=1S/C9H11NO2.C8H11N/c10-8(9(11)12)6-7-4-2-1-3-5-7;1-2-9-8-6-4-3-5-7-8/h1-5,8H,6,10H2,(H,11,12);3-7,9H,2H2,1H3. The number of nitrogens with one attached hydrogen (secondary N) is 1. The molecule has 0 aromatic heterocycles. The van der Waals surface area contributed by atoms with Crippen LogP contribution in [0.3, 0.4) is 0 Å². The maximum absolute atomic E-state index is 10.4. The van der Waals surface area contributed by atoms with Gasteiger partial charge in [-0.2, -0.15) is 0 Å². The number of carbonyl (C=O) groups is 1. The molecule has 0 bridgehead atoms. The molecule has 4 heteroatoms. The average Bonchev–Trinajstić information content (AvgIpc) is 2.50. The third-order valence-corrected chi connectivity index (χ3v) is 2.77. The lowest BCUT2D eigenvalue weighted by Gasteiger charge is -2.04. The van der Waals surface area contributed by atoms with Gasteiger partial charge >= 0.3 is 5.97 Å². The Balaban J connectivity index is 0.000000219. The van der Waals surface area contributed by atoms with E-state index in [4.69, 9.17) is 10.8 Å². The molecule has 21 heavy (non-hydrogen) atoms. The van der Waals surface area contributed by atoms with Crippen molar-refractivity contribution in [3.8, 4) is 0 Å². The number of hydrogen-bond donors (Lipinski definition) is 3. The molecule has 0 fully saturated rings. The third kappa shape index (κ3) is 7.13. The molecule has 2 aromatic carbocycles.